The summed E-state index contributed by atoms with van der Waals surface area (Å²) in [5.74, 6) is 0.548. The average Bonchev–Trinajstić information content (AvgIpc) is 2.67. The van der Waals surface area contributed by atoms with Crippen LogP contribution in [-0.2, 0) is 23.6 Å². The van der Waals surface area contributed by atoms with Crippen molar-refractivity contribution in [3.8, 4) is 0 Å². The van der Waals surface area contributed by atoms with Gasteiger partial charge in [0.2, 0.25) is 10.0 Å². The van der Waals surface area contributed by atoms with Gasteiger partial charge in [0, 0.05) is 19.4 Å². The molecule has 0 unspecified atom stereocenters. The molecule has 0 amide bonds. The molecule has 2 heterocycles. The van der Waals surface area contributed by atoms with Gasteiger partial charge in [-0.1, -0.05) is 0 Å². The first-order chi connectivity index (χ1) is 8.88. The van der Waals surface area contributed by atoms with Gasteiger partial charge in [-0.05, 0) is 13.0 Å². The molecular formula is C10H14N6O2S. The van der Waals surface area contributed by atoms with Gasteiger partial charge in [0.25, 0.3) is 0 Å². The summed E-state index contributed by atoms with van der Waals surface area (Å²) < 4.78 is 27.8. The van der Waals surface area contributed by atoms with Gasteiger partial charge in [-0.3, -0.25) is 4.68 Å². The van der Waals surface area contributed by atoms with Crippen molar-refractivity contribution in [1.82, 2.24) is 24.5 Å². The van der Waals surface area contributed by atoms with Gasteiger partial charge >= 0.3 is 0 Å². The van der Waals surface area contributed by atoms with Gasteiger partial charge in [0.05, 0.1) is 12.2 Å². The van der Waals surface area contributed by atoms with Gasteiger partial charge in [-0.15, -0.1) is 0 Å². The fourth-order valence-corrected chi connectivity index (χ4v) is 2.64. The van der Waals surface area contributed by atoms with Crippen molar-refractivity contribution in [2.24, 2.45) is 7.05 Å². The van der Waals surface area contributed by atoms with Crippen molar-refractivity contribution >= 4 is 15.8 Å². The van der Waals surface area contributed by atoms with Crippen LogP contribution >= 0.6 is 0 Å². The Bertz CT molecular complexity index is 694. The second-order valence-corrected chi connectivity index (χ2v) is 5.71. The van der Waals surface area contributed by atoms with Crippen LogP contribution in [0.25, 0.3) is 0 Å². The quantitative estimate of drug-likeness (QED) is 0.786. The zero-order chi connectivity index (χ0) is 14.0. The molecule has 102 valence electrons. The Morgan fingerprint density at radius 1 is 1.47 bits per heavy atom. The lowest BCUT2D eigenvalue weighted by Crippen LogP contribution is -2.24. The van der Waals surface area contributed by atoms with Crippen molar-refractivity contribution < 1.29 is 8.42 Å². The number of nitrogen functional groups attached to an aromatic ring is 1. The number of hydrogen-bond acceptors (Lipinski definition) is 6. The molecule has 0 radical (unpaired) electrons. The molecule has 0 saturated heterocycles. The first-order valence-electron chi connectivity index (χ1n) is 5.46. The van der Waals surface area contributed by atoms with Crippen LogP contribution in [0.5, 0.6) is 0 Å². The Morgan fingerprint density at radius 3 is 2.79 bits per heavy atom. The summed E-state index contributed by atoms with van der Waals surface area (Å²) in [6, 6.07) is 1.64. The predicted molar refractivity (Wildman–Crippen MR) is 68.4 cm³/mol. The molecule has 0 aliphatic rings. The summed E-state index contributed by atoms with van der Waals surface area (Å²) in [5.41, 5.74) is 6.13. The van der Waals surface area contributed by atoms with Crippen molar-refractivity contribution in [3.63, 3.8) is 0 Å². The van der Waals surface area contributed by atoms with Gasteiger partial charge in [-0.2, -0.15) is 5.10 Å². The normalized spacial score (nSPS) is 11.7. The minimum Gasteiger partial charge on any atom is -0.381 e. The first-order valence-corrected chi connectivity index (χ1v) is 6.94. The highest BCUT2D eigenvalue weighted by Gasteiger charge is 2.20. The molecular weight excluding hydrogens is 268 g/mol. The Hall–Kier alpha value is -2.00. The van der Waals surface area contributed by atoms with Crippen molar-refractivity contribution in [1.29, 1.82) is 0 Å². The van der Waals surface area contributed by atoms with Crippen molar-refractivity contribution in [2.45, 2.75) is 18.4 Å². The third kappa shape index (κ3) is 3.06. The summed E-state index contributed by atoms with van der Waals surface area (Å²) in [6.07, 6.45) is 2.92. The van der Waals surface area contributed by atoms with Gasteiger partial charge < -0.3 is 5.73 Å². The third-order valence-corrected chi connectivity index (χ3v) is 3.81. The lowest BCUT2D eigenvalue weighted by Gasteiger charge is -2.05. The molecule has 0 aromatic carbocycles. The average molecular weight is 282 g/mol. The zero-order valence-corrected chi connectivity index (χ0v) is 11.3. The lowest BCUT2D eigenvalue weighted by molar-refractivity contribution is 0.580. The monoisotopic (exact) mass is 282 g/mol. The largest absolute Gasteiger partial charge is 0.381 e. The maximum atomic E-state index is 12.0. The molecule has 8 nitrogen and oxygen atoms in total. The maximum Gasteiger partial charge on any atom is 0.246 e. The Morgan fingerprint density at radius 2 is 2.21 bits per heavy atom. The maximum absolute atomic E-state index is 12.0. The van der Waals surface area contributed by atoms with Crippen LogP contribution in [0.4, 0.5) is 5.82 Å². The molecule has 19 heavy (non-hydrogen) atoms. The molecule has 9 heteroatoms. The number of aryl methyl sites for hydroxylation is 2. The Balaban J connectivity index is 2.16. The fraction of sp³-hybridized carbons (Fsp3) is 0.300. The van der Waals surface area contributed by atoms with E-state index in [4.69, 9.17) is 5.73 Å². The van der Waals surface area contributed by atoms with Crippen LogP contribution in [0, 0.1) is 6.92 Å². The minimum atomic E-state index is -3.70. The molecule has 0 bridgehead atoms. The smallest absolute Gasteiger partial charge is 0.246 e. The van der Waals surface area contributed by atoms with E-state index < -0.39 is 10.0 Å². The SMILES string of the molecule is Cc1nccc(CNS(=O)(=O)c2cn(C)nc2N)n1. The number of sulfonamides is 1. The first kappa shape index (κ1) is 13.4. The predicted octanol–water partition coefficient (Wildman–Crippen LogP) is -0.421. The van der Waals surface area contributed by atoms with E-state index in [1.165, 1.54) is 10.9 Å². The van der Waals surface area contributed by atoms with Crippen molar-refractivity contribution in [3.05, 3.63) is 30.0 Å². The van der Waals surface area contributed by atoms with Gasteiger partial charge in [0.15, 0.2) is 5.82 Å². The molecule has 0 atom stereocenters. The molecule has 0 aliphatic heterocycles. The van der Waals surface area contributed by atoms with Crippen LogP contribution < -0.4 is 10.5 Å². The fourth-order valence-electron chi connectivity index (χ4n) is 1.54. The van der Waals surface area contributed by atoms with E-state index in [0.29, 0.717) is 11.5 Å². The van der Waals surface area contributed by atoms with Crippen LogP contribution in [0.15, 0.2) is 23.4 Å². The van der Waals surface area contributed by atoms with E-state index in [1.807, 2.05) is 0 Å². The van der Waals surface area contributed by atoms with E-state index in [2.05, 4.69) is 19.8 Å². The second-order valence-electron chi connectivity index (χ2n) is 3.97. The molecule has 0 spiro atoms. The van der Waals surface area contributed by atoms with Gasteiger partial charge in [0.1, 0.15) is 10.7 Å². The highest BCUT2D eigenvalue weighted by molar-refractivity contribution is 7.89. The van der Waals surface area contributed by atoms with Crippen molar-refractivity contribution in [2.75, 3.05) is 5.73 Å². The number of nitrogens with zero attached hydrogens (tertiary/aromatic N) is 4. The Labute approximate surface area is 110 Å². The number of rotatable bonds is 4. The molecule has 0 fully saturated rings. The van der Waals surface area contributed by atoms with E-state index in [1.54, 1.807) is 26.2 Å². The lowest BCUT2D eigenvalue weighted by atomic mass is 10.4. The Kier molecular flexibility index (Phi) is 3.49. The molecule has 0 aliphatic carbocycles. The number of nitrogens with one attached hydrogen (secondary N) is 1. The number of hydrogen-bond donors (Lipinski definition) is 2. The highest BCUT2D eigenvalue weighted by atomic mass is 32.2. The summed E-state index contributed by atoms with van der Waals surface area (Å²) >= 11 is 0. The second kappa shape index (κ2) is 4.94. The van der Waals surface area contributed by atoms with E-state index in [-0.39, 0.29) is 17.3 Å². The molecule has 2 rings (SSSR count). The molecule has 0 saturated carbocycles. The summed E-state index contributed by atoms with van der Waals surface area (Å²) in [6.45, 7) is 1.80. The zero-order valence-electron chi connectivity index (χ0n) is 10.5. The topological polar surface area (TPSA) is 116 Å². The van der Waals surface area contributed by atoms with E-state index in [9.17, 15) is 8.42 Å². The minimum absolute atomic E-state index is 0.0335. The summed E-state index contributed by atoms with van der Waals surface area (Å²) in [5, 5.41) is 3.80. The summed E-state index contributed by atoms with van der Waals surface area (Å²) in [4.78, 5) is 8.00. The van der Waals surface area contributed by atoms with Crippen LogP contribution in [0.2, 0.25) is 0 Å². The standard InChI is InChI=1S/C10H14N6O2S/c1-7-12-4-3-8(14-7)5-13-19(17,18)9-6-16(2)15-10(9)11/h3-4,6,13H,5H2,1-2H3,(H2,11,15). The van der Waals surface area contributed by atoms with Crippen LogP contribution in [0.3, 0.4) is 0 Å². The van der Waals surface area contributed by atoms with Gasteiger partial charge in [-0.25, -0.2) is 23.1 Å². The number of aromatic nitrogens is 4. The van der Waals surface area contributed by atoms with E-state index >= 15 is 0 Å². The molecule has 2 aromatic heterocycles. The van der Waals surface area contributed by atoms with Crippen LogP contribution in [-0.4, -0.2) is 28.2 Å². The number of nitrogens with two attached hydrogens (primary N) is 1. The van der Waals surface area contributed by atoms with Crippen LogP contribution in [0.1, 0.15) is 11.5 Å². The molecule has 3 N–H and O–H groups in total. The van der Waals surface area contributed by atoms with E-state index in [0.717, 1.165) is 0 Å². The molecule has 2 aromatic rings. The summed E-state index contributed by atoms with van der Waals surface area (Å²) in [7, 11) is -2.10. The highest BCUT2D eigenvalue weighted by Crippen LogP contribution is 2.15. The third-order valence-electron chi connectivity index (χ3n) is 2.39. The number of anilines is 1.